The third kappa shape index (κ3) is 3.02. The third-order valence-corrected chi connectivity index (χ3v) is 5.20. The molecule has 3 rings (SSSR count). The number of hydrogen-bond acceptors (Lipinski definition) is 2. The Morgan fingerprint density at radius 3 is 3.00 bits per heavy atom. The summed E-state index contributed by atoms with van der Waals surface area (Å²) in [5.41, 5.74) is 2.83. The van der Waals surface area contributed by atoms with Gasteiger partial charge in [0.25, 0.3) is 0 Å². The highest BCUT2D eigenvalue weighted by atomic mass is 35.5. The van der Waals surface area contributed by atoms with Crippen LogP contribution in [-0.2, 0) is 19.4 Å². The molecule has 1 N–H and O–H groups in total. The Morgan fingerprint density at radius 2 is 2.21 bits per heavy atom. The lowest BCUT2D eigenvalue weighted by Crippen LogP contribution is -2.17. The summed E-state index contributed by atoms with van der Waals surface area (Å²) in [6.45, 7) is 3.14. The molecular formula is C16H18ClNS. The molecule has 3 heteroatoms. The van der Waals surface area contributed by atoms with Crippen LogP contribution in [0.2, 0.25) is 5.02 Å². The smallest absolute Gasteiger partial charge is 0.0409 e. The van der Waals surface area contributed by atoms with Crippen molar-refractivity contribution in [2.45, 2.75) is 38.8 Å². The molecule has 100 valence electrons. The zero-order valence-corrected chi connectivity index (χ0v) is 12.7. The summed E-state index contributed by atoms with van der Waals surface area (Å²) in [4.78, 5) is 3.06. The SMILES string of the molecule is CC(NCc1cc2c(s1)CCC2)c1cccc(Cl)c1. The van der Waals surface area contributed by atoms with Gasteiger partial charge in [-0.2, -0.15) is 0 Å². The number of fused-ring (bicyclic) bond motifs is 1. The zero-order valence-electron chi connectivity index (χ0n) is 11.1. The van der Waals surface area contributed by atoms with Crippen molar-refractivity contribution in [3.05, 3.63) is 56.2 Å². The van der Waals surface area contributed by atoms with E-state index in [2.05, 4.69) is 24.4 Å². The first-order valence-corrected chi connectivity index (χ1v) is 8.01. The maximum atomic E-state index is 6.03. The highest BCUT2D eigenvalue weighted by Crippen LogP contribution is 2.30. The molecule has 0 fully saturated rings. The Balaban J connectivity index is 1.62. The first-order valence-electron chi connectivity index (χ1n) is 6.81. The van der Waals surface area contributed by atoms with Crippen LogP contribution in [0.3, 0.4) is 0 Å². The second-order valence-corrected chi connectivity index (χ2v) is 6.83. The van der Waals surface area contributed by atoms with Crippen LogP contribution in [0, 0.1) is 0 Å². The van der Waals surface area contributed by atoms with Gasteiger partial charge in [0, 0.05) is 27.4 Å². The molecule has 1 aliphatic carbocycles. The van der Waals surface area contributed by atoms with Gasteiger partial charge in [-0.05, 0) is 55.5 Å². The summed E-state index contributed by atoms with van der Waals surface area (Å²) in [6.07, 6.45) is 3.90. The second kappa shape index (κ2) is 5.66. The molecule has 1 aromatic carbocycles. The van der Waals surface area contributed by atoms with E-state index in [9.17, 15) is 0 Å². The van der Waals surface area contributed by atoms with E-state index in [1.54, 1.807) is 10.4 Å². The van der Waals surface area contributed by atoms with Gasteiger partial charge in [0.2, 0.25) is 0 Å². The van der Waals surface area contributed by atoms with E-state index in [1.807, 2.05) is 29.5 Å². The number of rotatable bonds is 4. The van der Waals surface area contributed by atoms with Gasteiger partial charge in [-0.25, -0.2) is 0 Å². The Hall–Kier alpha value is -0.830. The van der Waals surface area contributed by atoms with Gasteiger partial charge < -0.3 is 5.32 Å². The van der Waals surface area contributed by atoms with Gasteiger partial charge >= 0.3 is 0 Å². The van der Waals surface area contributed by atoms with E-state index in [4.69, 9.17) is 11.6 Å². The van der Waals surface area contributed by atoms with Gasteiger partial charge in [0.05, 0.1) is 0 Å². The number of nitrogens with one attached hydrogen (secondary N) is 1. The molecule has 1 heterocycles. The van der Waals surface area contributed by atoms with Crippen molar-refractivity contribution in [3.8, 4) is 0 Å². The fraction of sp³-hybridized carbons (Fsp3) is 0.375. The lowest BCUT2D eigenvalue weighted by Gasteiger charge is -2.13. The monoisotopic (exact) mass is 291 g/mol. The Labute approximate surface area is 123 Å². The first kappa shape index (κ1) is 13.2. The summed E-state index contributed by atoms with van der Waals surface area (Å²) >= 11 is 8.00. The Morgan fingerprint density at radius 1 is 1.32 bits per heavy atom. The number of thiophene rings is 1. The predicted octanol–water partition coefficient (Wildman–Crippen LogP) is 4.74. The predicted molar refractivity (Wildman–Crippen MR) is 83.1 cm³/mol. The summed E-state index contributed by atoms with van der Waals surface area (Å²) in [6, 6.07) is 10.8. The molecule has 0 saturated heterocycles. The molecule has 1 aromatic heterocycles. The van der Waals surface area contributed by atoms with Crippen molar-refractivity contribution in [3.63, 3.8) is 0 Å². The summed E-state index contributed by atoms with van der Waals surface area (Å²) in [5, 5.41) is 4.39. The molecule has 0 radical (unpaired) electrons. The van der Waals surface area contributed by atoms with Crippen molar-refractivity contribution in [1.82, 2.24) is 5.32 Å². The third-order valence-electron chi connectivity index (χ3n) is 3.73. The minimum atomic E-state index is 0.329. The molecule has 0 saturated carbocycles. The molecule has 0 bridgehead atoms. The average molecular weight is 292 g/mol. The normalized spacial score (nSPS) is 15.5. The van der Waals surface area contributed by atoms with Crippen molar-refractivity contribution in [2.24, 2.45) is 0 Å². The fourth-order valence-electron chi connectivity index (χ4n) is 2.63. The lowest BCUT2D eigenvalue weighted by atomic mass is 10.1. The quantitative estimate of drug-likeness (QED) is 0.858. The van der Waals surface area contributed by atoms with Crippen LogP contribution in [0.15, 0.2) is 30.3 Å². The van der Waals surface area contributed by atoms with Crippen molar-refractivity contribution < 1.29 is 0 Å². The van der Waals surface area contributed by atoms with Crippen LogP contribution in [0.25, 0.3) is 0 Å². The maximum Gasteiger partial charge on any atom is 0.0409 e. The van der Waals surface area contributed by atoms with Crippen LogP contribution in [0.1, 0.15) is 40.3 Å². The molecule has 19 heavy (non-hydrogen) atoms. The number of benzene rings is 1. The molecule has 2 aromatic rings. The maximum absolute atomic E-state index is 6.03. The van der Waals surface area contributed by atoms with Gasteiger partial charge in [-0.15, -0.1) is 11.3 Å². The summed E-state index contributed by atoms with van der Waals surface area (Å²) in [5.74, 6) is 0. The zero-order chi connectivity index (χ0) is 13.2. The van der Waals surface area contributed by atoms with Crippen molar-refractivity contribution in [2.75, 3.05) is 0 Å². The van der Waals surface area contributed by atoms with Crippen LogP contribution >= 0.6 is 22.9 Å². The number of halogens is 1. The van der Waals surface area contributed by atoms with Gasteiger partial charge in [-0.1, -0.05) is 23.7 Å². The largest absolute Gasteiger partial charge is 0.305 e. The second-order valence-electron chi connectivity index (χ2n) is 5.17. The fourth-order valence-corrected chi connectivity index (χ4v) is 4.04. The van der Waals surface area contributed by atoms with E-state index >= 15 is 0 Å². The van der Waals surface area contributed by atoms with E-state index in [0.717, 1.165) is 11.6 Å². The van der Waals surface area contributed by atoms with Crippen molar-refractivity contribution in [1.29, 1.82) is 0 Å². The average Bonchev–Trinajstić information content (AvgIpc) is 2.96. The Kier molecular flexibility index (Phi) is 3.92. The molecule has 1 nitrogen and oxygen atoms in total. The van der Waals surface area contributed by atoms with Gasteiger partial charge in [-0.3, -0.25) is 0 Å². The van der Waals surface area contributed by atoms with Crippen LogP contribution in [0.5, 0.6) is 0 Å². The van der Waals surface area contributed by atoms with E-state index in [1.165, 1.54) is 29.7 Å². The highest BCUT2D eigenvalue weighted by molar-refractivity contribution is 7.12. The van der Waals surface area contributed by atoms with Crippen LogP contribution in [-0.4, -0.2) is 0 Å². The lowest BCUT2D eigenvalue weighted by molar-refractivity contribution is 0.579. The number of hydrogen-bond donors (Lipinski definition) is 1. The topological polar surface area (TPSA) is 12.0 Å². The standard InChI is InChI=1S/C16H18ClNS/c1-11(12-4-2-6-14(17)8-12)18-10-15-9-13-5-3-7-16(13)19-15/h2,4,6,8-9,11,18H,3,5,7,10H2,1H3. The van der Waals surface area contributed by atoms with Gasteiger partial charge in [0.1, 0.15) is 0 Å². The van der Waals surface area contributed by atoms with Crippen LogP contribution < -0.4 is 5.32 Å². The Bertz CT molecular complexity index is 554. The van der Waals surface area contributed by atoms with Crippen molar-refractivity contribution >= 4 is 22.9 Å². The molecular weight excluding hydrogens is 274 g/mol. The molecule has 0 aliphatic heterocycles. The molecule has 0 amide bonds. The summed E-state index contributed by atoms with van der Waals surface area (Å²) in [7, 11) is 0. The van der Waals surface area contributed by atoms with Gasteiger partial charge in [0.15, 0.2) is 0 Å². The number of aryl methyl sites for hydroxylation is 2. The molecule has 1 atom stereocenters. The molecule has 1 aliphatic rings. The minimum Gasteiger partial charge on any atom is -0.305 e. The van der Waals surface area contributed by atoms with Crippen LogP contribution in [0.4, 0.5) is 0 Å². The highest BCUT2D eigenvalue weighted by Gasteiger charge is 2.15. The summed E-state index contributed by atoms with van der Waals surface area (Å²) < 4.78 is 0. The molecule has 0 spiro atoms. The van der Waals surface area contributed by atoms with E-state index < -0.39 is 0 Å². The van der Waals surface area contributed by atoms with E-state index in [0.29, 0.717) is 6.04 Å². The molecule has 1 unspecified atom stereocenters. The minimum absolute atomic E-state index is 0.329. The van der Waals surface area contributed by atoms with E-state index in [-0.39, 0.29) is 0 Å². The first-order chi connectivity index (χ1) is 9.22.